The molecule has 0 heterocycles. The molecule has 1 aliphatic carbocycles. The lowest BCUT2D eigenvalue weighted by molar-refractivity contribution is -0.137. The molecule has 4 heteroatoms. The van der Waals surface area contributed by atoms with Crippen molar-refractivity contribution in [3.8, 4) is 0 Å². The van der Waals surface area contributed by atoms with Gasteiger partial charge in [0.15, 0.2) is 5.78 Å². The summed E-state index contributed by atoms with van der Waals surface area (Å²) in [4.78, 5) is 22.3. The summed E-state index contributed by atoms with van der Waals surface area (Å²) in [6, 6.07) is 0. The van der Waals surface area contributed by atoms with Gasteiger partial charge in [0.25, 0.3) is 0 Å². The Morgan fingerprint density at radius 1 is 1.17 bits per heavy atom. The number of aliphatic hydroxyl groups is 1. The zero-order chi connectivity index (χ0) is 17.8. The second-order valence-electron chi connectivity index (χ2n) is 6.09. The number of rotatable bonds is 11. The summed E-state index contributed by atoms with van der Waals surface area (Å²) in [5, 5.41) is 19.2. The maximum absolute atomic E-state index is 11.9. The van der Waals surface area contributed by atoms with Gasteiger partial charge in [0.1, 0.15) is 5.60 Å². The zero-order valence-electron chi connectivity index (χ0n) is 14.4. The normalized spacial score (nSPS) is 22.4. The summed E-state index contributed by atoms with van der Waals surface area (Å²) < 4.78 is 0. The van der Waals surface area contributed by atoms with Crippen molar-refractivity contribution in [2.45, 2.75) is 63.9 Å². The molecule has 0 aromatic heterocycles. The second-order valence-corrected chi connectivity index (χ2v) is 6.09. The Labute approximate surface area is 144 Å². The van der Waals surface area contributed by atoms with E-state index in [1.807, 2.05) is 12.2 Å². The van der Waals surface area contributed by atoms with Gasteiger partial charge in [0.05, 0.1) is 0 Å². The molecular formula is C20H28O4. The minimum absolute atomic E-state index is 0.133. The number of ketones is 1. The molecule has 1 rings (SSSR count). The maximum atomic E-state index is 11.9. The van der Waals surface area contributed by atoms with Crippen molar-refractivity contribution in [2.24, 2.45) is 0 Å². The van der Waals surface area contributed by atoms with E-state index in [4.69, 9.17) is 5.11 Å². The van der Waals surface area contributed by atoms with E-state index in [0.29, 0.717) is 24.8 Å². The van der Waals surface area contributed by atoms with Crippen LogP contribution in [0.3, 0.4) is 0 Å². The molecule has 132 valence electrons. The predicted octanol–water partition coefficient (Wildman–Crippen LogP) is 4.12. The number of carbonyl (C=O) groups is 2. The van der Waals surface area contributed by atoms with Crippen molar-refractivity contribution in [3.63, 3.8) is 0 Å². The number of unbranched alkanes of at least 4 members (excludes halogenated alkanes) is 4. The first-order chi connectivity index (χ1) is 11.5. The topological polar surface area (TPSA) is 74.6 Å². The SMILES string of the molecule is CCCCC/C=C\C[C@]1(O)C=CC(=O)/C1=C/C=C/CCCC(=O)O. The molecule has 4 nitrogen and oxygen atoms in total. The summed E-state index contributed by atoms with van der Waals surface area (Å²) in [5.74, 6) is -0.982. The number of hydrogen-bond donors (Lipinski definition) is 2. The van der Waals surface area contributed by atoms with Gasteiger partial charge in [-0.15, -0.1) is 0 Å². The Morgan fingerprint density at radius 3 is 2.62 bits per heavy atom. The van der Waals surface area contributed by atoms with Crippen LogP contribution in [0.2, 0.25) is 0 Å². The van der Waals surface area contributed by atoms with Gasteiger partial charge < -0.3 is 10.2 Å². The highest BCUT2D eigenvalue weighted by molar-refractivity contribution is 6.09. The van der Waals surface area contributed by atoms with Crippen LogP contribution >= 0.6 is 0 Å². The van der Waals surface area contributed by atoms with Gasteiger partial charge in [0.2, 0.25) is 0 Å². The molecule has 2 N–H and O–H groups in total. The molecule has 0 bridgehead atoms. The molecule has 1 aliphatic rings. The first-order valence-corrected chi connectivity index (χ1v) is 8.69. The molecule has 0 aromatic rings. The van der Waals surface area contributed by atoms with E-state index in [1.54, 1.807) is 18.2 Å². The predicted molar refractivity (Wildman–Crippen MR) is 95.7 cm³/mol. The fourth-order valence-corrected chi connectivity index (χ4v) is 2.54. The van der Waals surface area contributed by atoms with E-state index >= 15 is 0 Å². The van der Waals surface area contributed by atoms with Gasteiger partial charge in [-0.2, -0.15) is 0 Å². The van der Waals surface area contributed by atoms with Crippen LogP contribution in [0.25, 0.3) is 0 Å². The Kier molecular flexibility index (Phi) is 9.02. The highest BCUT2D eigenvalue weighted by atomic mass is 16.4. The van der Waals surface area contributed by atoms with Crippen molar-refractivity contribution in [1.29, 1.82) is 0 Å². The molecule has 0 saturated heterocycles. The summed E-state index contributed by atoms with van der Waals surface area (Å²) >= 11 is 0. The summed E-state index contributed by atoms with van der Waals surface area (Å²) in [5.41, 5.74) is -0.862. The van der Waals surface area contributed by atoms with Crippen molar-refractivity contribution < 1.29 is 19.8 Å². The van der Waals surface area contributed by atoms with Crippen LogP contribution in [-0.4, -0.2) is 27.6 Å². The lowest BCUT2D eigenvalue weighted by Crippen LogP contribution is -2.27. The van der Waals surface area contributed by atoms with E-state index in [0.717, 1.165) is 12.8 Å². The Bertz CT molecular complexity index is 540. The second kappa shape index (κ2) is 10.8. The van der Waals surface area contributed by atoms with E-state index in [2.05, 4.69) is 13.0 Å². The maximum Gasteiger partial charge on any atom is 0.303 e. The standard InChI is InChI=1S/C20H28O4/c1-2-3-4-5-8-11-15-20(24)16-14-18(21)17(20)12-9-6-7-10-13-19(22)23/h6,8-9,11-12,14,16,24H,2-5,7,10,13,15H2,1H3,(H,22,23)/b9-6+,11-8-,17-12-/t20-/m0/s1. The van der Waals surface area contributed by atoms with Crippen molar-refractivity contribution >= 4 is 11.8 Å². The van der Waals surface area contributed by atoms with E-state index in [9.17, 15) is 14.7 Å². The fourth-order valence-electron chi connectivity index (χ4n) is 2.54. The minimum atomic E-state index is -1.23. The monoisotopic (exact) mass is 332 g/mol. The minimum Gasteiger partial charge on any atom is -0.481 e. The number of hydrogen-bond acceptors (Lipinski definition) is 3. The molecule has 0 aliphatic heterocycles. The van der Waals surface area contributed by atoms with Gasteiger partial charge in [-0.3, -0.25) is 9.59 Å². The van der Waals surface area contributed by atoms with Gasteiger partial charge >= 0.3 is 5.97 Å². The third-order valence-corrected chi connectivity index (χ3v) is 3.97. The third kappa shape index (κ3) is 7.09. The van der Waals surface area contributed by atoms with Crippen LogP contribution in [0.4, 0.5) is 0 Å². The lowest BCUT2D eigenvalue weighted by Gasteiger charge is -2.20. The number of allylic oxidation sites excluding steroid dienone is 5. The average molecular weight is 332 g/mol. The molecule has 0 aromatic carbocycles. The Hall–Kier alpha value is -1.94. The summed E-state index contributed by atoms with van der Waals surface area (Å²) in [6.07, 6.45) is 18.4. The van der Waals surface area contributed by atoms with Crippen LogP contribution in [0, 0.1) is 0 Å². The molecule has 24 heavy (non-hydrogen) atoms. The Morgan fingerprint density at radius 2 is 1.92 bits per heavy atom. The largest absolute Gasteiger partial charge is 0.481 e. The molecule has 0 unspecified atom stereocenters. The van der Waals surface area contributed by atoms with Gasteiger partial charge in [-0.25, -0.2) is 0 Å². The molecule has 0 amide bonds. The fraction of sp³-hybridized carbons (Fsp3) is 0.500. The van der Waals surface area contributed by atoms with E-state index in [1.165, 1.54) is 18.9 Å². The average Bonchev–Trinajstić information content (AvgIpc) is 2.82. The molecule has 1 atom stereocenters. The zero-order valence-corrected chi connectivity index (χ0v) is 14.4. The van der Waals surface area contributed by atoms with Crippen LogP contribution in [0.5, 0.6) is 0 Å². The van der Waals surface area contributed by atoms with E-state index in [-0.39, 0.29) is 12.2 Å². The molecular weight excluding hydrogens is 304 g/mol. The van der Waals surface area contributed by atoms with Crippen molar-refractivity contribution in [1.82, 2.24) is 0 Å². The molecule has 0 fully saturated rings. The van der Waals surface area contributed by atoms with Crippen LogP contribution < -0.4 is 0 Å². The number of aliphatic carboxylic acids is 1. The highest BCUT2D eigenvalue weighted by Crippen LogP contribution is 2.30. The number of carboxylic acid groups (broad SMARTS) is 1. The van der Waals surface area contributed by atoms with Gasteiger partial charge in [-0.1, -0.05) is 50.1 Å². The summed E-state index contributed by atoms with van der Waals surface area (Å²) in [6.45, 7) is 2.16. The smallest absolute Gasteiger partial charge is 0.303 e. The van der Waals surface area contributed by atoms with Crippen LogP contribution in [0.15, 0.2) is 48.1 Å². The molecule has 0 saturated carbocycles. The van der Waals surface area contributed by atoms with Crippen molar-refractivity contribution in [2.75, 3.05) is 0 Å². The lowest BCUT2D eigenvalue weighted by atomic mass is 9.92. The highest BCUT2D eigenvalue weighted by Gasteiger charge is 2.35. The number of carboxylic acids is 1. The first kappa shape index (κ1) is 20.1. The molecule has 0 radical (unpaired) electrons. The number of carbonyl (C=O) groups excluding carboxylic acids is 1. The van der Waals surface area contributed by atoms with Crippen LogP contribution in [-0.2, 0) is 9.59 Å². The molecule has 0 spiro atoms. The van der Waals surface area contributed by atoms with Gasteiger partial charge in [0, 0.05) is 18.4 Å². The third-order valence-electron chi connectivity index (χ3n) is 3.97. The summed E-state index contributed by atoms with van der Waals surface area (Å²) in [7, 11) is 0. The Balaban J connectivity index is 2.54. The van der Waals surface area contributed by atoms with Gasteiger partial charge in [-0.05, 0) is 37.8 Å². The quantitative estimate of drug-likeness (QED) is 0.339. The van der Waals surface area contributed by atoms with E-state index < -0.39 is 11.6 Å². The van der Waals surface area contributed by atoms with Crippen LogP contribution in [0.1, 0.15) is 58.3 Å². The van der Waals surface area contributed by atoms with Crippen molar-refractivity contribution in [3.05, 3.63) is 48.1 Å². The first-order valence-electron chi connectivity index (χ1n) is 8.69.